The van der Waals surface area contributed by atoms with E-state index in [-0.39, 0.29) is 18.0 Å². The molecule has 0 saturated carbocycles. The minimum absolute atomic E-state index is 0.114. The lowest BCUT2D eigenvalue weighted by Crippen LogP contribution is -2.27. The van der Waals surface area contributed by atoms with Gasteiger partial charge in [0.05, 0.1) is 22.9 Å². The van der Waals surface area contributed by atoms with Crippen LogP contribution in [0.15, 0.2) is 71.1 Å². The standard InChI is InChI=1S/C19H14N4O2S/c24-17(10-23-12-20-15-9-5-4-8-14(15)18(23)25)22-19-21-16(11-26-19)13-6-2-1-3-7-13/h1-9,11-12H,10H2,(H,21,22,24). The Kier molecular flexibility index (Phi) is 4.28. The molecule has 0 radical (unpaired) electrons. The maximum atomic E-state index is 12.4. The summed E-state index contributed by atoms with van der Waals surface area (Å²) in [5.41, 5.74) is 2.16. The van der Waals surface area contributed by atoms with Gasteiger partial charge in [0.1, 0.15) is 6.54 Å². The van der Waals surface area contributed by atoms with Crippen LogP contribution < -0.4 is 10.9 Å². The second kappa shape index (κ2) is 6.89. The zero-order chi connectivity index (χ0) is 17.9. The molecule has 2 heterocycles. The Morgan fingerprint density at radius 3 is 2.69 bits per heavy atom. The van der Waals surface area contributed by atoms with Crippen molar-refractivity contribution >= 4 is 33.3 Å². The first kappa shape index (κ1) is 16.2. The van der Waals surface area contributed by atoms with Crippen LogP contribution in [0.4, 0.5) is 5.13 Å². The molecule has 0 aliphatic carbocycles. The molecule has 128 valence electrons. The van der Waals surface area contributed by atoms with Crippen LogP contribution >= 0.6 is 11.3 Å². The van der Waals surface area contributed by atoms with Crippen molar-refractivity contribution in [3.05, 3.63) is 76.7 Å². The van der Waals surface area contributed by atoms with E-state index in [1.807, 2.05) is 41.8 Å². The SMILES string of the molecule is O=C(Cn1cnc2ccccc2c1=O)Nc1nc(-c2ccccc2)cs1. The number of para-hydroxylation sites is 1. The van der Waals surface area contributed by atoms with Crippen molar-refractivity contribution in [3.63, 3.8) is 0 Å². The Morgan fingerprint density at radius 2 is 1.85 bits per heavy atom. The largest absolute Gasteiger partial charge is 0.300 e. The minimum Gasteiger partial charge on any atom is -0.300 e. The van der Waals surface area contributed by atoms with E-state index in [0.717, 1.165) is 11.3 Å². The molecule has 0 atom stereocenters. The Labute approximate surface area is 152 Å². The van der Waals surface area contributed by atoms with Crippen LogP contribution in [-0.4, -0.2) is 20.4 Å². The maximum absolute atomic E-state index is 12.4. The first-order valence-electron chi connectivity index (χ1n) is 7.96. The fourth-order valence-corrected chi connectivity index (χ4v) is 3.34. The van der Waals surface area contributed by atoms with E-state index >= 15 is 0 Å². The smallest absolute Gasteiger partial charge is 0.261 e. The molecule has 26 heavy (non-hydrogen) atoms. The van der Waals surface area contributed by atoms with E-state index in [2.05, 4.69) is 15.3 Å². The first-order chi connectivity index (χ1) is 12.7. The Hall–Kier alpha value is -3.32. The molecule has 4 rings (SSSR count). The molecule has 2 aromatic carbocycles. The van der Waals surface area contributed by atoms with Crippen LogP contribution in [0, 0.1) is 0 Å². The molecule has 0 saturated heterocycles. The highest BCUT2D eigenvalue weighted by molar-refractivity contribution is 7.14. The van der Waals surface area contributed by atoms with Gasteiger partial charge in [-0.05, 0) is 12.1 Å². The van der Waals surface area contributed by atoms with Gasteiger partial charge in [0.15, 0.2) is 5.13 Å². The van der Waals surface area contributed by atoms with E-state index < -0.39 is 0 Å². The fraction of sp³-hybridized carbons (Fsp3) is 0.0526. The summed E-state index contributed by atoms with van der Waals surface area (Å²) in [6, 6.07) is 16.8. The van der Waals surface area contributed by atoms with Gasteiger partial charge in [-0.25, -0.2) is 9.97 Å². The van der Waals surface area contributed by atoms with E-state index in [9.17, 15) is 9.59 Å². The Bertz CT molecular complexity index is 1130. The number of fused-ring (bicyclic) bond motifs is 1. The summed E-state index contributed by atoms with van der Waals surface area (Å²) in [5, 5.41) is 5.61. The number of anilines is 1. The van der Waals surface area contributed by atoms with Crippen LogP contribution in [0.5, 0.6) is 0 Å². The average molecular weight is 362 g/mol. The number of aromatic nitrogens is 3. The summed E-state index contributed by atoms with van der Waals surface area (Å²) >= 11 is 1.34. The van der Waals surface area contributed by atoms with Crippen LogP contribution in [0.2, 0.25) is 0 Å². The van der Waals surface area contributed by atoms with Crippen LogP contribution in [-0.2, 0) is 11.3 Å². The summed E-state index contributed by atoms with van der Waals surface area (Å²) in [4.78, 5) is 33.4. The lowest BCUT2D eigenvalue weighted by Gasteiger charge is -2.06. The molecule has 7 heteroatoms. The topological polar surface area (TPSA) is 76.9 Å². The van der Waals surface area contributed by atoms with Crippen molar-refractivity contribution in [2.45, 2.75) is 6.54 Å². The third-order valence-electron chi connectivity index (χ3n) is 3.87. The predicted octanol–water partition coefficient (Wildman–Crippen LogP) is 3.16. The molecule has 0 aliphatic rings. The van der Waals surface area contributed by atoms with Gasteiger partial charge in [0.2, 0.25) is 5.91 Å². The molecule has 0 aliphatic heterocycles. The zero-order valence-corrected chi connectivity index (χ0v) is 14.4. The highest BCUT2D eigenvalue weighted by Gasteiger charge is 2.11. The summed E-state index contributed by atoms with van der Waals surface area (Å²) in [5.74, 6) is -0.321. The second-order valence-corrected chi connectivity index (χ2v) is 6.50. The molecule has 1 N–H and O–H groups in total. The molecule has 0 fully saturated rings. The van der Waals surface area contributed by atoms with Gasteiger partial charge in [-0.15, -0.1) is 11.3 Å². The number of carbonyl (C=O) groups excluding carboxylic acids is 1. The van der Waals surface area contributed by atoms with Crippen molar-refractivity contribution in [1.82, 2.24) is 14.5 Å². The number of benzene rings is 2. The van der Waals surface area contributed by atoms with Gasteiger partial charge in [-0.1, -0.05) is 42.5 Å². The van der Waals surface area contributed by atoms with E-state index in [0.29, 0.717) is 16.0 Å². The molecule has 4 aromatic rings. The molecule has 0 spiro atoms. The highest BCUT2D eigenvalue weighted by atomic mass is 32.1. The number of rotatable bonds is 4. The number of thiazole rings is 1. The van der Waals surface area contributed by atoms with Gasteiger partial charge >= 0.3 is 0 Å². The summed E-state index contributed by atoms with van der Waals surface area (Å²) in [6.07, 6.45) is 1.39. The van der Waals surface area contributed by atoms with Crippen molar-refractivity contribution in [3.8, 4) is 11.3 Å². The number of nitrogens with zero attached hydrogens (tertiary/aromatic N) is 3. The quantitative estimate of drug-likeness (QED) is 0.605. The normalized spacial score (nSPS) is 10.8. The lowest BCUT2D eigenvalue weighted by atomic mass is 10.2. The molecular formula is C19H14N4O2S. The van der Waals surface area contributed by atoms with Gasteiger partial charge in [-0.2, -0.15) is 0 Å². The van der Waals surface area contributed by atoms with E-state index in [1.165, 1.54) is 22.2 Å². The van der Waals surface area contributed by atoms with Gasteiger partial charge in [0, 0.05) is 10.9 Å². The molecule has 2 aromatic heterocycles. The Balaban J connectivity index is 1.51. The average Bonchev–Trinajstić information content (AvgIpc) is 3.13. The van der Waals surface area contributed by atoms with Crippen molar-refractivity contribution in [2.75, 3.05) is 5.32 Å². The number of amides is 1. The molecule has 1 amide bonds. The van der Waals surface area contributed by atoms with Gasteiger partial charge in [0.25, 0.3) is 5.56 Å². The predicted molar refractivity (Wildman–Crippen MR) is 102 cm³/mol. The molecule has 0 unspecified atom stereocenters. The van der Waals surface area contributed by atoms with Crippen LogP contribution in [0.1, 0.15) is 0 Å². The lowest BCUT2D eigenvalue weighted by molar-refractivity contribution is -0.116. The van der Waals surface area contributed by atoms with E-state index in [4.69, 9.17) is 0 Å². The number of hydrogen-bond acceptors (Lipinski definition) is 5. The van der Waals surface area contributed by atoms with Crippen LogP contribution in [0.25, 0.3) is 22.2 Å². The van der Waals surface area contributed by atoms with E-state index in [1.54, 1.807) is 18.2 Å². The summed E-state index contributed by atoms with van der Waals surface area (Å²) in [6.45, 7) is -0.114. The van der Waals surface area contributed by atoms with Crippen LogP contribution in [0.3, 0.4) is 0 Å². The maximum Gasteiger partial charge on any atom is 0.261 e. The van der Waals surface area contributed by atoms with Gasteiger partial charge in [-0.3, -0.25) is 14.2 Å². The molecule has 0 bridgehead atoms. The number of hydrogen-bond donors (Lipinski definition) is 1. The monoisotopic (exact) mass is 362 g/mol. The third kappa shape index (κ3) is 3.25. The third-order valence-corrected chi connectivity index (χ3v) is 4.62. The summed E-state index contributed by atoms with van der Waals surface area (Å²) in [7, 11) is 0. The van der Waals surface area contributed by atoms with Crippen molar-refractivity contribution in [2.24, 2.45) is 0 Å². The minimum atomic E-state index is -0.321. The van der Waals surface area contributed by atoms with Gasteiger partial charge < -0.3 is 5.32 Å². The summed E-state index contributed by atoms with van der Waals surface area (Å²) < 4.78 is 1.30. The fourth-order valence-electron chi connectivity index (χ4n) is 2.60. The van der Waals surface area contributed by atoms with Crippen molar-refractivity contribution < 1.29 is 4.79 Å². The number of nitrogens with one attached hydrogen (secondary N) is 1. The Morgan fingerprint density at radius 1 is 1.08 bits per heavy atom. The molecule has 6 nitrogen and oxygen atoms in total. The number of carbonyl (C=O) groups is 1. The highest BCUT2D eigenvalue weighted by Crippen LogP contribution is 2.24. The van der Waals surface area contributed by atoms with Crippen molar-refractivity contribution in [1.29, 1.82) is 0 Å². The molecular weight excluding hydrogens is 348 g/mol. The first-order valence-corrected chi connectivity index (χ1v) is 8.84. The second-order valence-electron chi connectivity index (χ2n) is 5.65. The zero-order valence-electron chi connectivity index (χ0n) is 13.6.